The van der Waals surface area contributed by atoms with Crippen molar-refractivity contribution in [2.45, 2.75) is 32.6 Å². The number of carbonyl (C=O) groups excluding carboxylic acids is 2. The number of rotatable bonds is 21. The molecule has 42 heavy (non-hydrogen) atoms. The van der Waals surface area contributed by atoms with E-state index >= 15 is 0 Å². The molecule has 0 bridgehead atoms. The van der Waals surface area contributed by atoms with Crippen LogP contribution in [0.4, 0.5) is 23.5 Å². The highest BCUT2D eigenvalue weighted by atomic mass is 16.5. The van der Waals surface area contributed by atoms with Crippen LogP contribution < -0.4 is 27.0 Å². The van der Waals surface area contributed by atoms with Gasteiger partial charge in [0.25, 0.3) is 0 Å². The second kappa shape index (κ2) is 19.1. The number of nitrogens with two attached hydrogens (primary N) is 1. The highest BCUT2D eigenvalue weighted by Gasteiger charge is 2.08. The normalized spacial score (nSPS) is 10.7. The van der Waals surface area contributed by atoms with Crippen LogP contribution in [0.3, 0.4) is 0 Å². The third kappa shape index (κ3) is 12.6. The Kier molecular flexibility index (Phi) is 14.7. The molecule has 1 heterocycles. The molecule has 0 aliphatic heterocycles. The van der Waals surface area contributed by atoms with Crippen molar-refractivity contribution in [1.29, 1.82) is 0 Å². The molecule has 12 heteroatoms. The topological polar surface area (TPSA) is 165 Å². The SMILES string of the molecule is CCCCNc1nc(NCCc2ccc(C=O)cc2)nc(Nc2ccc(CC(=O)NCCOCCOCCN)cc2)n1. The molecule has 0 atom stereocenters. The summed E-state index contributed by atoms with van der Waals surface area (Å²) in [7, 11) is 0. The molecular weight excluding hydrogens is 536 g/mol. The summed E-state index contributed by atoms with van der Waals surface area (Å²) in [5, 5.41) is 12.6. The maximum Gasteiger partial charge on any atom is 0.233 e. The van der Waals surface area contributed by atoms with E-state index in [1.54, 1.807) is 12.1 Å². The molecule has 0 unspecified atom stereocenters. The number of aldehydes is 1. The van der Waals surface area contributed by atoms with Gasteiger partial charge in [0.1, 0.15) is 6.29 Å². The van der Waals surface area contributed by atoms with Gasteiger partial charge in [-0.15, -0.1) is 0 Å². The lowest BCUT2D eigenvalue weighted by Gasteiger charge is -2.12. The van der Waals surface area contributed by atoms with Gasteiger partial charge >= 0.3 is 0 Å². The summed E-state index contributed by atoms with van der Waals surface area (Å²) in [6.45, 7) is 6.32. The Hall–Kier alpha value is -4.13. The second-order valence-electron chi connectivity index (χ2n) is 9.48. The number of hydrogen-bond acceptors (Lipinski definition) is 11. The van der Waals surface area contributed by atoms with Crippen LogP contribution >= 0.6 is 0 Å². The molecule has 226 valence electrons. The first-order valence-corrected chi connectivity index (χ1v) is 14.4. The predicted molar refractivity (Wildman–Crippen MR) is 164 cm³/mol. The molecule has 1 amide bonds. The molecule has 2 aromatic carbocycles. The minimum atomic E-state index is -0.0747. The lowest BCUT2D eigenvalue weighted by molar-refractivity contribution is -0.120. The van der Waals surface area contributed by atoms with Crippen molar-refractivity contribution in [3.05, 3.63) is 65.2 Å². The highest BCUT2D eigenvalue weighted by molar-refractivity contribution is 5.78. The maximum absolute atomic E-state index is 12.3. The van der Waals surface area contributed by atoms with Gasteiger partial charge in [-0.25, -0.2) is 0 Å². The number of carbonyl (C=O) groups is 2. The molecule has 6 N–H and O–H groups in total. The van der Waals surface area contributed by atoms with E-state index in [9.17, 15) is 9.59 Å². The van der Waals surface area contributed by atoms with E-state index in [2.05, 4.69) is 43.1 Å². The van der Waals surface area contributed by atoms with Crippen molar-refractivity contribution >= 4 is 35.7 Å². The van der Waals surface area contributed by atoms with E-state index in [0.29, 0.717) is 69.5 Å². The average Bonchev–Trinajstić information content (AvgIpc) is 3.00. The quantitative estimate of drug-likeness (QED) is 0.0932. The summed E-state index contributed by atoms with van der Waals surface area (Å²) < 4.78 is 10.7. The van der Waals surface area contributed by atoms with Crippen LogP contribution in [0.15, 0.2) is 48.5 Å². The molecule has 3 aromatic rings. The van der Waals surface area contributed by atoms with Gasteiger partial charge in [-0.2, -0.15) is 15.0 Å². The van der Waals surface area contributed by atoms with Gasteiger partial charge in [0.15, 0.2) is 0 Å². The van der Waals surface area contributed by atoms with Crippen molar-refractivity contribution in [1.82, 2.24) is 20.3 Å². The number of ether oxygens (including phenoxy) is 2. The summed E-state index contributed by atoms with van der Waals surface area (Å²) in [5.41, 5.74) is 8.79. The summed E-state index contributed by atoms with van der Waals surface area (Å²) in [5.74, 6) is 1.27. The fourth-order valence-corrected chi connectivity index (χ4v) is 3.80. The highest BCUT2D eigenvalue weighted by Crippen LogP contribution is 2.17. The van der Waals surface area contributed by atoms with Crippen LogP contribution in [0.5, 0.6) is 0 Å². The molecule has 0 saturated heterocycles. The molecule has 3 rings (SSSR count). The van der Waals surface area contributed by atoms with Crippen LogP contribution in [-0.4, -0.2) is 79.8 Å². The third-order valence-corrected chi connectivity index (χ3v) is 6.04. The van der Waals surface area contributed by atoms with E-state index < -0.39 is 0 Å². The lowest BCUT2D eigenvalue weighted by Crippen LogP contribution is -2.29. The van der Waals surface area contributed by atoms with Crippen LogP contribution in [0.1, 0.15) is 41.3 Å². The molecule has 0 spiro atoms. The molecule has 0 radical (unpaired) electrons. The Morgan fingerprint density at radius 2 is 1.45 bits per heavy atom. The number of nitrogens with one attached hydrogen (secondary N) is 4. The number of nitrogens with zero attached hydrogens (tertiary/aromatic N) is 3. The van der Waals surface area contributed by atoms with Crippen molar-refractivity contribution in [3.63, 3.8) is 0 Å². The minimum absolute atomic E-state index is 0.0747. The summed E-state index contributed by atoms with van der Waals surface area (Å²) in [4.78, 5) is 36.7. The fraction of sp³-hybridized carbons (Fsp3) is 0.433. The Morgan fingerprint density at radius 3 is 2.12 bits per heavy atom. The monoisotopic (exact) mass is 578 g/mol. The smallest absolute Gasteiger partial charge is 0.233 e. The molecule has 0 fully saturated rings. The summed E-state index contributed by atoms with van der Waals surface area (Å²) in [6.07, 6.45) is 3.91. The zero-order chi connectivity index (χ0) is 29.8. The van der Waals surface area contributed by atoms with Gasteiger partial charge in [-0.1, -0.05) is 49.7 Å². The Morgan fingerprint density at radius 1 is 0.810 bits per heavy atom. The Labute approximate surface area is 247 Å². The zero-order valence-corrected chi connectivity index (χ0v) is 24.2. The summed E-state index contributed by atoms with van der Waals surface area (Å²) in [6, 6.07) is 15.0. The van der Waals surface area contributed by atoms with E-state index in [1.807, 2.05) is 36.4 Å². The first-order chi connectivity index (χ1) is 20.6. The zero-order valence-electron chi connectivity index (χ0n) is 24.2. The number of amides is 1. The van der Waals surface area contributed by atoms with E-state index in [1.165, 1.54) is 0 Å². The Balaban J connectivity index is 1.50. The van der Waals surface area contributed by atoms with Crippen molar-refractivity contribution in [2.24, 2.45) is 5.73 Å². The van der Waals surface area contributed by atoms with E-state index in [0.717, 1.165) is 48.9 Å². The van der Waals surface area contributed by atoms with Crippen molar-refractivity contribution in [2.75, 3.05) is 68.6 Å². The van der Waals surface area contributed by atoms with Crippen LogP contribution in [0.2, 0.25) is 0 Å². The molecule has 0 aliphatic rings. The van der Waals surface area contributed by atoms with E-state index in [4.69, 9.17) is 15.2 Å². The fourth-order valence-electron chi connectivity index (χ4n) is 3.80. The number of aromatic nitrogens is 3. The van der Waals surface area contributed by atoms with Gasteiger partial charge in [0.2, 0.25) is 23.8 Å². The number of anilines is 4. The number of unbranched alkanes of at least 4 members (excludes halogenated alkanes) is 1. The van der Waals surface area contributed by atoms with Crippen LogP contribution in [-0.2, 0) is 27.1 Å². The lowest BCUT2D eigenvalue weighted by atomic mass is 10.1. The number of benzene rings is 2. The molecule has 0 saturated carbocycles. The van der Waals surface area contributed by atoms with Gasteiger partial charge in [-0.05, 0) is 36.1 Å². The third-order valence-electron chi connectivity index (χ3n) is 6.04. The minimum Gasteiger partial charge on any atom is -0.378 e. The average molecular weight is 579 g/mol. The van der Waals surface area contributed by atoms with E-state index in [-0.39, 0.29) is 12.3 Å². The molecule has 0 aliphatic carbocycles. The Bertz CT molecular complexity index is 1210. The molecule has 12 nitrogen and oxygen atoms in total. The van der Waals surface area contributed by atoms with Crippen LogP contribution in [0, 0.1) is 0 Å². The van der Waals surface area contributed by atoms with Crippen LogP contribution in [0.25, 0.3) is 0 Å². The first-order valence-electron chi connectivity index (χ1n) is 14.4. The largest absolute Gasteiger partial charge is 0.378 e. The first kappa shape index (κ1) is 32.4. The van der Waals surface area contributed by atoms with Crippen molar-refractivity contribution < 1.29 is 19.1 Å². The standard InChI is InChI=1S/C30H42N8O4/c1-2-3-14-33-28-36-29(34-15-12-23-4-6-25(22-39)7-5-23)38-30(37-28)35-26-10-8-24(9-11-26)21-27(40)32-16-18-42-20-19-41-17-13-31/h4-11,22H,2-3,12-21,31H2,1H3,(H,32,40)(H3,33,34,35,36,37,38). The van der Waals surface area contributed by atoms with Gasteiger partial charge < -0.3 is 36.5 Å². The van der Waals surface area contributed by atoms with Gasteiger partial charge in [-0.3, -0.25) is 9.59 Å². The maximum atomic E-state index is 12.3. The summed E-state index contributed by atoms with van der Waals surface area (Å²) >= 11 is 0. The number of hydrogen-bond donors (Lipinski definition) is 5. The molecular formula is C30H42N8O4. The molecule has 1 aromatic heterocycles. The van der Waals surface area contributed by atoms with Crippen molar-refractivity contribution in [3.8, 4) is 0 Å². The van der Waals surface area contributed by atoms with Gasteiger partial charge in [0.05, 0.1) is 32.8 Å². The predicted octanol–water partition coefficient (Wildman–Crippen LogP) is 2.94. The van der Waals surface area contributed by atoms with Gasteiger partial charge in [0, 0.05) is 37.4 Å². The second-order valence-corrected chi connectivity index (χ2v) is 9.48.